The van der Waals surface area contributed by atoms with Crippen LogP contribution in [0.5, 0.6) is 0 Å². The van der Waals surface area contributed by atoms with Crippen molar-refractivity contribution in [2.75, 3.05) is 5.32 Å². The molecule has 0 spiro atoms. The first kappa shape index (κ1) is 15.5. The van der Waals surface area contributed by atoms with Gasteiger partial charge in [0, 0.05) is 6.42 Å². The van der Waals surface area contributed by atoms with Gasteiger partial charge in [-0.25, -0.2) is 4.79 Å². The van der Waals surface area contributed by atoms with Gasteiger partial charge in [-0.15, -0.1) is 0 Å². The van der Waals surface area contributed by atoms with Crippen LogP contribution in [0, 0.1) is 17.3 Å². The van der Waals surface area contributed by atoms with Crippen LogP contribution in [-0.2, 0) is 4.79 Å². The van der Waals surface area contributed by atoms with E-state index in [4.69, 9.17) is 5.11 Å². The Morgan fingerprint density at radius 1 is 1.29 bits per heavy atom. The van der Waals surface area contributed by atoms with Crippen molar-refractivity contribution in [3.8, 4) is 0 Å². The number of nitrogens with one attached hydrogen (secondary N) is 1. The molecule has 0 saturated heterocycles. The maximum atomic E-state index is 12.2. The molecule has 2 N–H and O–H groups in total. The molecular formula is C17H23NO3. The number of para-hydroxylation sites is 1. The van der Waals surface area contributed by atoms with Crippen molar-refractivity contribution in [1.29, 1.82) is 0 Å². The molecule has 1 aliphatic rings. The molecule has 2 rings (SSSR count). The highest BCUT2D eigenvalue weighted by atomic mass is 16.4. The number of amides is 1. The Morgan fingerprint density at radius 3 is 2.52 bits per heavy atom. The van der Waals surface area contributed by atoms with Crippen LogP contribution in [0.4, 0.5) is 5.69 Å². The number of hydrogen-bond donors (Lipinski definition) is 2. The van der Waals surface area contributed by atoms with Crippen molar-refractivity contribution in [3.05, 3.63) is 29.8 Å². The van der Waals surface area contributed by atoms with Crippen LogP contribution in [-0.4, -0.2) is 17.0 Å². The van der Waals surface area contributed by atoms with Crippen LogP contribution in [0.2, 0.25) is 0 Å². The Labute approximate surface area is 125 Å². The van der Waals surface area contributed by atoms with Crippen LogP contribution >= 0.6 is 0 Å². The summed E-state index contributed by atoms with van der Waals surface area (Å²) in [5, 5.41) is 11.9. The van der Waals surface area contributed by atoms with E-state index in [1.807, 2.05) is 0 Å². The monoisotopic (exact) mass is 289 g/mol. The maximum Gasteiger partial charge on any atom is 0.337 e. The van der Waals surface area contributed by atoms with Crippen LogP contribution < -0.4 is 5.32 Å². The van der Waals surface area contributed by atoms with Crippen molar-refractivity contribution < 1.29 is 14.7 Å². The van der Waals surface area contributed by atoms with E-state index in [0.717, 1.165) is 12.8 Å². The summed E-state index contributed by atoms with van der Waals surface area (Å²) in [6.45, 7) is 6.62. The molecule has 4 heteroatoms. The zero-order chi connectivity index (χ0) is 15.6. The van der Waals surface area contributed by atoms with Crippen LogP contribution in [0.1, 0.15) is 50.4 Å². The van der Waals surface area contributed by atoms with Gasteiger partial charge < -0.3 is 10.4 Å². The lowest BCUT2D eigenvalue weighted by Gasteiger charge is -2.52. The van der Waals surface area contributed by atoms with Gasteiger partial charge in [-0.1, -0.05) is 39.3 Å². The lowest BCUT2D eigenvalue weighted by Crippen LogP contribution is -2.45. The minimum Gasteiger partial charge on any atom is -0.478 e. The molecule has 1 aromatic rings. The largest absolute Gasteiger partial charge is 0.478 e. The molecule has 1 amide bonds. The van der Waals surface area contributed by atoms with Gasteiger partial charge in [0.2, 0.25) is 5.91 Å². The first-order valence-electron chi connectivity index (χ1n) is 7.48. The summed E-state index contributed by atoms with van der Waals surface area (Å²) in [6.07, 6.45) is 2.68. The molecule has 2 atom stereocenters. The highest BCUT2D eigenvalue weighted by Crippen LogP contribution is 2.54. The number of anilines is 1. The molecule has 1 saturated carbocycles. The van der Waals surface area contributed by atoms with E-state index < -0.39 is 5.97 Å². The Balaban J connectivity index is 1.99. The second kappa shape index (κ2) is 5.88. The molecule has 0 aromatic heterocycles. The third kappa shape index (κ3) is 3.09. The summed E-state index contributed by atoms with van der Waals surface area (Å²) in [5.41, 5.74) is 0.697. The summed E-state index contributed by atoms with van der Waals surface area (Å²) in [6, 6.07) is 6.50. The van der Waals surface area contributed by atoms with Crippen molar-refractivity contribution in [1.82, 2.24) is 0 Å². The van der Waals surface area contributed by atoms with E-state index in [-0.39, 0.29) is 16.9 Å². The SMILES string of the molecule is CCC1CC(CC(=O)Nc2ccccc2C(=O)O)C1(C)C. The van der Waals surface area contributed by atoms with Crippen molar-refractivity contribution in [2.24, 2.45) is 17.3 Å². The molecule has 0 bridgehead atoms. The summed E-state index contributed by atoms with van der Waals surface area (Å²) < 4.78 is 0. The number of aromatic carboxylic acids is 1. The molecule has 0 radical (unpaired) electrons. The van der Waals surface area contributed by atoms with E-state index in [1.165, 1.54) is 6.07 Å². The number of benzene rings is 1. The van der Waals surface area contributed by atoms with Gasteiger partial charge >= 0.3 is 5.97 Å². The Hall–Kier alpha value is -1.84. The van der Waals surface area contributed by atoms with Gasteiger partial charge in [-0.05, 0) is 35.8 Å². The quantitative estimate of drug-likeness (QED) is 0.866. The lowest BCUT2D eigenvalue weighted by molar-refractivity contribution is -0.122. The van der Waals surface area contributed by atoms with E-state index in [0.29, 0.717) is 23.9 Å². The van der Waals surface area contributed by atoms with Gasteiger partial charge in [-0.2, -0.15) is 0 Å². The zero-order valence-electron chi connectivity index (χ0n) is 12.8. The lowest BCUT2D eigenvalue weighted by atomic mass is 9.53. The zero-order valence-corrected chi connectivity index (χ0v) is 12.8. The molecule has 1 aromatic carbocycles. The number of carboxylic acid groups (broad SMARTS) is 1. The predicted molar refractivity (Wildman–Crippen MR) is 82.3 cm³/mol. The fourth-order valence-electron chi connectivity index (χ4n) is 3.37. The van der Waals surface area contributed by atoms with Gasteiger partial charge in [-0.3, -0.25) is 4.79 Å². The van der Waals surface area contributed by atoms with Gasteiger partial charge in [0.1, 0.15) is 0 Å². The third-order valence-electron chi connectivity index (χ3n) is 5.03. The molecular weight excluding hydrogens is 266 g/mol. The van der Waals surface area contributed by atoms with Gasteiger partial charge in [0.05, 0.1) is 11.3 Å². The second-order valence-electron chi connectivity index (χ2n) is 6.46. The van der Waals surface area contributed by atoms with Crippen molar-refractivity contribution in [2.45, 2.75) is 40.0 Å². The molecule has 2 unspecified atom stereocenters. The normalized spacial score (nSPS) is 23.2. The van der Waals surface area contributed by atoms with Crippen molar-refractivity contribution >= 4 is 17.6 Å². The standard InChI is InChI=1S/C17H23NO3/c1-4-11-9-12(17(11,2)3)10-15(19)18-14-8-6-5-7-13(14)16(20)21/h5-8,11-12H,4,9-10H2,1-3H3,(H,18,19)(H,20,21). The molecule has 0 heterocycles. The highest BCUT2D eigenvalue weighted by Gasteiger charge is 2.47. The highest BCUT2D eigenvalue weighted by molar-refractivity contribution is 6.00. The van der Waals surface area contributed by atoms with Gasteiger partial charge in [0.25, 0.3) is 0 Å². The fourth-order valence-corrected chi connectivity index (χ4v) is 3.37. The molecule has 114 valence electrons. The molecule has 21 heavy (non-hydrogen) atoms. The Kier molecular flexibility index (Phi) is 4.35. The van der Waals surface area contributed by atoms with Crippen LogP contribution in [0.25, 0.3) is 0 Å². The smallest absolute Gasteiger partial charge is 0.337 e. The first-order valence-corrected chi connectivity index (χ1v) is 7.48. The third-order valence-corrected chi connectivity index (χ3v) is 5.03. The van der Waals surface area contributed by atoms with E-state index >= 15 is 0 Å². The number of carbonyl (C=O) groups excluding carboxylic acids is 1. The summed E-state index contributed by atoms with van der Waals surface area (Å²) in [7, 11) is 0. The number of carboxylic acids is 1. The fraction of sp³-hybridized carbons (Fsp3) is 0.529. The second-order valence-corrected chi connectivity index (χ2v) is 6.46. The minimum atomic E-state index is -1.03. The Morgan fingerprint density at radius 2 is 1.95 bits per heavy atom. The topological polar surface area (TPSA) is 66.4 Å². The Bertz CT molecular complexity index is 551. The number of rotatable bonds is 5. The number of carbonyl (C=O) groups is 2. The first-order chi connectivity index (χ1) is 9.86. The maximum absolute atomic E-state index is 12.2. The summed E-state index contributed by atoms with van der Waals surface area (Å²) >= 11 is 0. The minimum absolute atomic E-state index is 0.101. The average Bonchev–Trinajstić information content (AvgIpc) is 2.43. The number of hydrogen-bond acceptors (Lipinski definition) is 2. The van der Waals surface area contributed by atoms with E-state index in [1.54, 1.807) is 18.2 Å². The average molecular weight is 289 g/mol. The van der Waals surface area contributed by atoms with Gasteiger partial charge in [0.15, 0.2) is 0 Å². The van der Waals surface area contributed by atoms with E-state index in [2.05, 4.69) is 26.1 Å². The van der Waals surface area contributed by atoms with Crippen molar-refractivity contribution in [3.63, 3.8) is 0 Å². The molecule has 0 aliphatic heterocycles. The van der Waals surface area contributed by atoms with Crippen LogP contribution in [0.3, 0.4) is 0 Å². The summed E-state index contributed by atoms with van der Waals surface area (Å²) in [5.74, 6) is -0.0710. The molecule has 1 aliphatic carbocycles. The molecule has 1 fully saturated rings. The summed E-state index contributed by atoms with van der Waals surface area (Å²) in [4.78, 5) is 23.3. The predicted octanol–water partition coefficient (Wildman–Crippen LogP) is 3.79. The van der Waals surface area contributed by atoms with E-state index in [9.17, 15) is 9.59 Å². The molecule has 4 nitrogen and oxygen atoms in total. The van der Waals surface area contributed by atoms with Crippen LogP contribution in [0.15, 0.2) is 24.3 Å².